The SMILES string of the molecule is O=C1c2ccccc2CCCC1CCOC(F)(F)F. The molecule has 1 unspecified atom stereocenters. The molecule has 0 radical (unpaired) electrons. The predicted molar refractivity (Wildman–Crippen MR) is 63.8 cm³/mol. The molecular weight excluding hydrogens is 257 g/mol. The number of carbonyl (C=O) groups excluding carboxylic acids is 1. The Labute approximate surface area is 109 Å². The third-order valence-corrected chi connectivity index (χ3v) is 3.38. The third-order valence-electron chi connectivity index (χ3n) is 3.38. The van der Waals surface area contributed by atoms with E-state index < -0.39 is 13.0 Å². The number of fused-ring (bicyclic) bond motifs is 1. The van der Waals surface area contributed by atoms with Gasteiger partial charge < -0.3 is 0 Å². The minimum atomic E-state index is -4.62. The molecule has 19 heavy (non-hydrogen) atoms. The van der Waals surface area contributed by atoms with E-state index in [4.69, 9.17) is 0 Å². The van der Waals surface area contributed by atoms with Crippen LogP contribution in [0.4, 0.5) is 13.2 Å². The molecule has 1 aromatic rings. The summed E-state index contributed by atoms with van der Waals surface area (Å²) in [5.74, 6) is -0.426. The van der Waals surface area contributed by atoms with Crippen LogP contribution in [0.5, 0.6) is 0 Å². The molecule has 1 aliphatic rings. The molecule has 0 N–H and O–H groups in total. The van der Waals surface area contributed by atoms with Gasteiger partial charge in [-0.3, -0.25) is 9.53 Å². The van der Waals surface area contributed by atoms with E-state index in [1.807, 2.05) is 12.1 Å². The minimum absolute atomic E-state index is 0.0566. The van der Waals surface area contributed by atoms with E-state index >= 15 is 0 Å². The van der Waals surface area contributed by atoms with Gasteiger partial charge in [-0.15, -0.1) is 13.2 Å². The first-order valence-corrected chi connectivity index (χ1v) is 6.30. The molecule has 0 aromatic heterocycles. The number of alkyl halides is 3. The van der Waals surface area contributed by atoms with Gasteiger partial charge in [0.25, 0.3) is 0 Å². The van der Waals surface area contributed by atoms with Crippen LogP contribution >= 0.6 is 0 Å². The van der Waals surface area contributed by atoms with Crippen molar-refractivity contribution in [2.75, 3.05) is 6.61 Å². The van der Waals surface area contributed by atoms with Gasteiger partial charge in [0, 0.05) is 11.5 Å². The molecule has 0 saturated carbocycles. The molecule has 2 nitrogen and oxygen atoms in total. The average molecular weight is 272 g/mol. The zero-order valence-electron chi connectivity index (χ0n) is 10.4. The highest BCUT2D eigenvalue weighted by Gasteiger charge is 2.31. The zero-order chi connectivity index (χ0) is 13.9. The highest BCUT2D eigenvalue weighted by Crippen LogP contribution is 2.27. The summed E-state index contributed by atoms with van der Waals surface area (Å²) in [6, 6.07) is 7.31. The van der Waals surface area contributed by atoms with Crippen LogP contribution in [0.3, 0.4) is 0 Å². The lowest BCUT2D eigenvalue weighted by molar-refractivity contribution is -0.325. The first-order valence-electron chi connectivity index (χ1n) is 6.30. The number of rotatable bonds is 3. The number of ether oxygens (including phenoxy) is 1. The fraction of sp³-hybridized carbons (Fsp3) is 0.500. The molecule has 0 spiro atoms. The van der Waals surface area contributed by atoms with E-state index in [0.717, 1.165) is 18.4 Å². The second-order valence-corrected chi connectivity index (χ2v) is 4.69. The molecule has 0 amide bonds. The van der Waals surface area contributed by atoms with Crippen molar-refractivity contribution in [1.29, 1.82) is 0 Å². The summed E-state index contributed by atoms with van der Waals surface area (Å²) in [5.41, 5.74) is 1.64. The average Bonchev–Trinajstić information content (AvgIpc) is 2.49. The van der Waals surface area contributed by atoms with Crippen LogP contribution in [0.25, 0.3) is 0 Å². The zero-order valence-corrected chi connectivity index (χ0v) is 10.4. The van der Waals surface area contributed by atoms with Crippen molar-refractivity contribution in [1.82, 2.24) is 0 Å². The number of halogens is 3. The third kappa shape index (κ3) is 3.80. The molecule has 0 fully saturated rings. The fourth-order valence-corrected chi connectivity index (χ4v) is 2.46. The van der Waals surface area contributed by atoms with Crippen LogP contribution in [0, 0.1) is 5.92 Å². The molecule has 0 bridgehead atoms. The van der Waals surface area contributed by atoms with Crippen molar-refractivity contribution in [2.45, 2.75) is 32.0 Å². The molecule has 1 aliphatic carbocycles. The topological polar surface area (TPSA) is 26.3 Å². The Bertz CT molecular complexity index is 454. The highest BCUT2D eigenvalue weighted by atomic mass is 19.4. The van der Waals surface area contributed by atoms with Gasteiger partial charge in [0.1, 0.15) is 0 Å². The normalized spacial score (nSPS) is 19.9. The molecular formula is C14H15F3O2. The molecule has 104 valence electrons. The number of benzene rings is 1. The molecule has 2 rings (SSSR count). The van der Waals surface area contributed by atoms with Crippen LogP contribution in [0.15, 0.2) is 24.3 Å². The van der Waals surface area contributed by atoms with Crippen molar-refractivity contribution in [2.24, 2.45) is 5.92 Å². The lowest BCUT2D eigenvalue weighted by Crippen LogP contribution is -2.20. The lowest BCUT2D eigenvalue weighted by Gasteiger charge is -2.14. The molecule has 5 heteroatoms. The molecule has 1 atom stereocenters. The fourth-order valence-electron chi connectivity index (χ4n) is 2.46. The summed E-state index contributed by atoms with van der Waals surface area (Å²) in [4.78, 5) is 12.3. The number of Topliss-reactive ketones (excluding diaryl/α,β-unsaturated/α-hetero) is 1. The summed E-state index contributed by atoms with van der Waals surface area (Å²) < 4.78 is 39.5. The van der Waals surface area contributed by atoms with E-state index in [-0.39, 0.29) is 18.1 Å². The minimum Gasteiger partial charge on any atom is -0.294 e. The Kier molecular flexibility index (Phi) is 4.24. The summed E-state index contributed by atoms with van der Waals surface area (Å²) >= 11 is 0. The predicted octanol–water partition coefficient (Wildman–Crippen LogP) is 3.75. The molecule has 0 heterocycles. The Hall–Kier alpha value is -1.36. The maximum Gasteiger partial charge on any atom is 0.522 e. The van der Waals surface area contributed by atoms with Crippen molar-refractivity contribution in [3.05, 3.63) is 35.4 Å². The monoisotopic (exact) mass is 272 g/mol. The number of aryl methyl sites for hydroxylation is 1. The highest BCUT2D eigenvalue weighted by molar-refractivity contribution is 5.99. The smallest absolute Gasteiger partial charge is 0.294 e. The Morgan fingerprint density at radius 2 is 2.00 bits per heavy atom. The van der Waals surface area contributed by atoms with Crippen LogP contribution in [-0.4, -0.2) is 18.8 Å². The van der Waals surface area contributed by atoms with Crippen LogP contribution < -0.4 is 0 Å². The van der Waals surface area contributed by atoms with Crippen molar-refractivity contribution < 1.29 is 22.7 Å². The van der Waals surface area contributed by atoms with Gasteiger partial charge >= 0.3 is 6.36 Å². The first kappa shape index (κ1) is 14.1. The summed E-state index contributed by atoms with van der Waals surface area (Å²) in [6.07, 6.45) is -2.26. The van der Waals surface area contributed by atoms with E-state index in [2.05, 4.69) is 4.74 Å². The van der Waals surface area contributed by atoms with Gasteiger partial charge in [0.2, 0.25) is 0 Å². The Morgan fingerprint density at radius 1 is 1.26 bits per heavy atom. The van der Waals surface area contributed by atoms with Crippen LogP contribution in [0.1, 0.15) is 35.2 Å². The van der Waals surface area contributed by atoms with Gasteiger partial charge in [-0.25, -0.2) is 0 Å². The summed E-state index contributed by atoms with van der Waals surface area (Å²) in [7, 11) is 0. The molecule has 1 aromatic carbocycles. The molecule has 0 aliphatic heterocycles. The van der Waals surface area contributed by atoms with Crippen molar-refractivity contribution >= 4 is 5.78 Å². The van der Waals surface area contributed by atoms with Crippen molar-refractivity contribution in [3.63, 3.8) is 0 Å². The molecule has 0 saturated heterocycles. The van der Waals surface area contributed by atoms with Crippen LogP contribution in [-0.2, 0) is 11.2 Å². The summed E-state index contributed by atoms with van der Waals surface area (Å²) in [6.45, 7) is -0.456. The standard InChI is InChI=1S/C14H15F3O2/c15-14(16,17)19-9-8-11-6-3-5-10-4-1-2-7-12(10)13(11)18/h1-2,4,7,11H,3,5-6,8-9H2. The number of hydrogen-bond acceptors (Lipinski definition) is 2. The second kappa shape index (κ2) is 5.74. The van der Waals surface area contributed by atoms with Gasteiger partial charge in [-0.2, -0.15) is 0 Å². The number of carbonyl (C=O) groups is 1. The van der Waals surface area contributed by atoms with Gasteiger partial charge in [0.15, 0.2) is 5.78 Å². The van der Waals surface area contributed by atoms with Crippen molar-refractivity contribution in [3.8, 4) is 0 Å². The van der Waals surface area contributed by atoms with Crippen LogP contribution in [0.2, 0.25) is 0 Å². The Morgan fingerprint density at radius 3 is 2.74 bits per heavy atom. The van der Waals surface area contributed by atoms with Gasteiger partial charge in [-0.05, 0) is 31.2 Å². The van der Waals surface area contributed by atoms with Gasteiger partial charge in [0.05, 0.1) is 6.61 Å². The lowest BCUT2D eigenvalue weighted by atomic mass is 9.93. The van der Waals surface area contributed by atoms with E-state index in [0.29, 0.717) is 12.0 Å². The van der Waals surface area contributed by atoms with E-state index in [1.165, 1.54) is 0 Å². The summed E-state index contributed by atoms with van der Waals surface area (Å²) in [5, 5.41) is 0. The number of ketones is 1. The first-order chi connectivity index (χ1) is 8.97. The largest absolute Gasteiger partial charge is 0.522 e. The van der Waals surface area contributed by atoms with Gasteiger partial charge in [-0.1, -0.05) is 24.3 Å². The quantitative estimate of drug-likeness (QED) is 0.783. The maximum atomic E-state index is 12.3. The number of hydrogen-bond donors (Lipinski definition) is 0. The van der Waals surface area contributed by atoms with E-state index in [1.54, 1.807) is 12.1 Å². The van der Waals surface area contributed by atoms with E-state index in [9.17, 15) is 18.0 Å². The maximum absolute atomic E-state index is 12.3. The Balaban J connectivity index is 2.01. The second-order valence-electron chi connectivity index (χ2n) is 4.69.